The van der Waals surface area contributed by atoms with E-state index in [0.717, 1.165) is 159 Å². The molecule has 0 unspecified atom stereocenters. The van der Waals surface area contributed by atoms with Crippen LogP contribution in [0, 0.1) is 0 Å². The molecule has 15 aromatic carbocycles. The van der Waals surface area contributed by atoms with Gasteiger partial charge in [-0.1, -0.05) is 340 Å². The molecule has 0 bridgehead atoms. The van der Waals surface area contributed by atoms with E-state index in [2.05, 4.69) is 288 Å². The Kier molecular flexibility index (Phi) is 18.4. The van der Waals surface area contributed by atoms with Gasteiger partial charge < -0.3 is 0 Å². The van der Waals surface area contributed by atoms with Crippen molar-refractivity contribution in [3.63, 3.8) is 0 Å². The van der Waals surface area contributed by atoms with Crippen molar-refractivity contribution >= 4 is 85.5 Å². The van der Waals surface area contributed by atoms with E-state index in [0.29, 0.717) is 34.9 Å². The zero-order chi connectivity index (χ0) is 78.2. The monoisotopic (exact) mass is 1540 g/mol. The molecule has 0 amide bonds. The fourth-order valence-corrected chi connectivity index (χ4v) is 17.4. The minimum Gasteiger partial charge on any atom is -0.241 e. The second kappa shape index (κ2) is 30.8. The van der Waals surface area contributed by atoms with Crippen LogP contribution in [0.5, 0.6) is 0 Å². The van der Waals surface area contributed by atoms with Crippen LogP contribution in [0.2, 0.25) is 0 Å². The second-order valence-corrected chi connectivity index (χ2v) is 30.8. The maximum atomic E-state index is 5.03. The summed E-state index contributed by atoms with van der Waals surface area (Å²) in [6.07, 6.45) is 1.62. The van der Waals surface area contributed by atoms with Gasteiger partial charge in [0.15, 0.2) is 34.9 Å². The molecule has 552 valence electrons. The predicted molar refractivity (Wildman–Crippen MR) is 483 cm³/mol. The molecule has 0 N–H and O–H groups in total. The number of hydrogen-bond acceptors (Lipinski definition) is 14. The lowest BCUT2D eigenvalue weighted by Crippen LogP contribution is -2.00. The molecule has 0 aliphatic carbocycles. The van der Waals surface area contributed by atoms with Crippen molar-refractivity contribution in [2.75, 3.05) is 0 Å². The Morgan fingerprint density at radius 2 is 0.500 bits per heavy atom. The highest BCUT2D eigenvalue weighted by atomic mass is 32.1. The van der Waals surface area contributed by atoms with Gasteiger partial charge in [0, 0.05) is 54.4 Å². The van der Waals surface area contributed by atoms with E-state index >= 15 is 0 Å². The van der Waals surface area contributed by atoms with Crippen LogP contribution in [0.4, 0.5) is 0 Å². The third kappa shape index (κ3) is 14.0. The van der Waals surface area contributed by atoms with Gasteiger partial charge in [0.1, 0.15) is 27.7 Å². The van der Waals surface area contributed by atoms with E-state index in [1.807, 2.05) is 109 Å². The summed E-state index contributed by atoms with van der Waals surface area (Å²) in [5.74, 6) is 3.79. The number of aromatic nitrogens is 12. The minimum absolute atomic E-state index is 0.622. The van der Waals surface area contributed by atoms with Crippen molar-refractivity contribution in [1.82, 2.24) is 60.0 Å². The van der Waals surface area contributed by atoms with E-state index in [1.165, 1.54) is 26.1 Å². The average molecular weight is 1550 g/mol. The first-order chi connectivity index (χ1) is 58.4. The van der Waals surface area contributed by atoms with Crippen LogP contribution in [0.3, 0.4) is 0 Å². The predicted octanol–water partition coefficient (Wildman–Crippen LogP) is 26.5. The van der Waals surface area contributed by atoms with E-state index in [9.17, 15) is 0 Å². The van der Waals surface area contributed by atoms with Crippen LogP contribution in [-0.2, 0) is 0 Å². The van der Waals surface area contributed by atoms with Crippen molar-refractivity contribution in [2.45, 2.75) is 0 Å². The average Bonchev–Trinajstić information content (AvgIpc) is 1.61. The molecular formula is C104H64N12S2. The Morgan fingerprint density at radius 1 is 0.178 bits per heavy atom. The largest absolute Gasteiger partial charge is 0.241 e. The first kappa shape index (κ1) is 70.4. The van der Waals surface area contributed by atoms with Crippen LogP contribution in [-0.4, -0.2) is 60.0 Å². The van der Waals surface area contributed by atoms with Gasteiger partial charge in [0.2, 0.25) is 0 Å². The highest BCUT2D eigenvalue weighted by Gasteiger charge is 2.21. The van der Waals surface area contributed by atoms with Crippen LogP contribution in [0.25, 0.3) is 220 Å². The van der Waals surface area contributed by atoms with Crippen molar-refractivity contribution in [1.29, 1.82) is 0 Å². The molecule has 0 aliphatic rings. The normalized spacial score (nSPS) is 11.4. The third-order valence-electron chi connectivity index (χ3n) is 21.4. The van der Waals surface area contributed by atoms with Crippen LogP contribution >= 0.6 is 22.7 Å². The number of rotatable bonds is 14. The van der Waals surface area contributed by atoms with E-state index in [-0.39, 0.29) is 0 Å². The van der Waals surface area contributed by atoms with E-state index in [1.54, 1.807) is 29.0 Å². The Balaban J connectivity index is 0.000000147. The Bertz CT molecular complexity index is 7480. The lowest BCUT2D eigenvalue weighted by Gasteiger charge is -2.11. The third-order valence-corrected chi connectivity index (χ3v) is 23.7. The van der Waals surface area contributed by atoms with Gasteiger partial charge in [0.05, 0.1) is 31.6 Å². The number of nitrogens with zero attached hydrogens (tertiary/aromatic N) is 12. The van der Waals surface area contributed by atoms with Gasteiger partial charge in [-0.25, -0.2) is 49.8 Å². The van der Waals surface area contributed by atoms with E-state index < -0.39 is 0 Å². The SMILES string of the molecule is c1ccc(-c2ccc(-c3nc(-c4ccccc4)nc(-c4cccc(-c5ccc(-c6ccc(-c7ccc8sc9c%10ccccc%10nnc9c8c7)cc6)cc5)c4)n3)cc2)cc1.c1ccc(-c2ccc(-c3nc(-c4ccccc4)nc(-c4cccc(-c5ccc(-c6ccc(-c7ncnc8c7sc7nc9ccccc9nc78)cc6)cc5)c4)n3)cc2)cc1. The summed E-state index contributed by atoms with van der Waals surface area (Å²) in [6, 6.07) is 132. The zero-order valence-electron chi connectivity index (χ0n) is 63.1. The van der Waals surface area contributed by atoms with Crippen LogP contribution in [0.15, 0.2) is 389 Å². The first-order valence-electron chi connectivity index (χ1n) is 38.9. The highest BCUT2D eigenvalue weighted by molar-refractivity contribution is 7.26. The zero-order valence-corrected chi connectivity index (χ0v) is 64.8. The van der Waals surface area contributed by atoms with Gasteiger partial charge in [-0.2, -0.15) is 0 Å². The lowest BCUT2D eigenvalue weighted by molar-refractivity contribution is 1.07. The molecule has 7 aromatic heterocycles. The molecule has 12 nitrogen and oxygen atoms in total. The minimum atomic E-state index is 0.622. The highest BCUT2D eigenvalue weighted by Crippen LogP contribution is 2.42. The molecule has 118 heavy (non-hydrogen) atoms. The summed E-state index contributed by atoms with van der Waals surface area (Å²) in [7, 11) is 0. The van der Waals surface area contributed by atoms with Gasteiger partial charge in [-0.15, -0.1) is 32.9 Å². The number of benzene rings is 15. The summed E-state index contributed by atoms with van der Waals surface area (Å²) in [6.45, 7) is 0. The number of thiophene rings is 2. The molecule has 0 saturated heterocycles. The molecule has 0 radical (unpaired) electrons. The molecule has 22 rings (SSSR count). The van der Waals surface area contributed by atoms with E-state index in [4.69, 9.17) is 44.9 Å². The van der Waals surface area contributed by atoms with Crippen molar-refractivity contribution < 1.29 is 0 Å². The molecule has 0 fully saturated rings. The van der Waals surface area contributed by atoms with Gasteiger partial charge in [0.25, 0.3) is 0 Å². The fraction of sp³-hybridized carbons (Fsp3) is 0. The summed E-state index contributed by atoms with van der Waals surface area (Å²) in [5.41, 5.74) is 28.7. The summed E-state index contributed by atoms with van der Waals surface area (Å²) in [5, 5.41) is 11.4. The molecule has 0 atom stereocenters. The molecule has 0 spiro atoms. The first-order valence-corrected chi connectivity index (χ1v) is 40.5. The quantitative estimate of drug-likeness (QED) is 0.102. The summed E-state index contributed by atoms with van der Waals surface area (Å²) in [4.78, 5) is 49.9. The maximum Gasteiger partial charge on any atom is 0.164 e. The number of para-hydroxylation sites is 2. The topological polar surface area (TPSA) is 155 Å². The van der Waals surface area contributed by atoms with Crippen molar-refractivity contribution in [3.8, 4) is 157 Å². The standard InChI is InChI=1S/C53H33N5S.C51H31N7S/c1-3-10-34(11-4-1)35-26-28-41(29-27-35)52-54-51(40-12-5-2-6-13-40)55-53(56-52)44-15-9-14-42(32-44)38-22-18-36(19-23-38)37-20-24-39(25-21-37)43-30-31-48-46(33-43)49-50(59-48)45-16-7-8-17-47(45)57-58-49;1-3-10-32(11-4-1)33-24-28-39(29-25-33)49-56-48(38-12-5-2-6-13-38)57-50(58-49)41-15-9-14-40(30-41)36-20-18-34(19-21-36)35-22-26-37(27-23-35)44-47-45(53-31-52-44)46-51(59-47)55-43-17-8-7-16-42(43)54-46/h1-33H;1-31H. The Labute approximate surface area is 686 Å². The summed E-state index contributed by atoms with van der Waals surface area (Å²) < 4.78 is 3.39. The molecule has 7 heterocycles. The molecule has 14 heteroatoms. The van der Waals surface area contributed by atoms with Crippen LogP contribution < -0.4 is 0 Å². The Morgan fingerprint density at radius 3 is 0.949 bits per heavy atom. The molecular weight excluding hydrogens is 1480 g/mol. The van der Waals surface area contributed by atoms with Gasteiger partial charge in [-0.3, -0.25) is 0 Å². The lowest BCUT2D eigenvalue weighted by atomic mass is 9.97. The second-order valence-electron chi connectivity index (χ2n) is 28.8. The Hall–Kier alpha value is -15.5. The van der Waals surface area contributed by atoms with Crippen LogP contribution in [0.1, 0.15) is 0 Å². The van der Waals surface area contributed by atoms with Crippen molar-refractivity contribution in [2.24, 2.45) is 0 Å². The smallest absolute Gasteiger partial charge is 0.164 e. The van der Waals surface area contributed by atoms with Crippen molar-refractivity contribution in [3.05, 3.63) is 389 Å². The number of hydrogen-bond donors (Lipinski definition) is 0. The molecule has 22 aromatic rings. The molecule has 0 saturated carbocycles. The van der Waals surface area contributed by atoms with Gasteiger partial charge >= 0.3 is 0 Å². The maximum absolute atomic E-state index is 5.03. The summed E-state index contributed by atoms with van der Waals surface area (Å²) >= 11 is 3.37. The van der Waals surface area contributed by atoms with Gasteiger partial charge in [-0.05, 0) is 120 Å². The molecule has 0 aliphatic heterocycles. The number of fused-ring (bicyclic) bond motifs is 9. The fourth-order valence-electron chi connectivity index (χ4n) is 15.2.